The molecule has 224 valence electrons. The first-order chi connectivity index (χ1) is 21.1. The van der Waals surface area contributed by atoms with Crippen LogP contribution >= 0.6 is 11.3 Å². The third-order valence-electron chi connectivity index (χ3n) is 8.31. The first-order valence-electron chi connectivity index (χ1n) is 14.2. The van der Waals surface area contributed by atoms with Gasteiger partial charge >= 0.3 is 0 Å². The number of thiophene rings is 1. The minimum Gasteiger partial charge on any atom is -0.439 e. The molecule has 0 spiro atoms. The number of anilines is 1. The van der Waals surface area contributed by atoms with E-state index in [0.717, 1.165) is 0 Å². The summed E-state index contributed by atoms with van der Waals surface area (Å²) < 4.78 is 6.49. The number of aryl methyl sites for hydroxylation is 1. The number of ketones is 1. The van der Waals surface area contributed by atoms with E-state index in [1.165, 1.54) is 11.3 Å². The molecule has 6 rings (SSSR count). The molecular weight excluding hydrogens is 578 g/mol. The second kappa shape index (κ2) is 11.3. The van der Waals surface area contributed by atoms with Crippen molar-refractivity contribution in [2.75, 3.05) is 18.8 Å². The molecule has 3 atom stereocenters. The predicted molar refractivity (Wildman–Crippen MR) is 166 cm³/mol. The van der Waals surface area contributed by atoms with Crippen molar-refractivity contribution < 1.29 is 19.1 Å². The Morgan fingerprint density at radius 3 is 2.66 bits per heavy atom. The second-order valence-corrected chi connectivity index (χ2v) is 12.1. The van der Waals surface area contributed by atoms with Crippen LogP contribution in [0.3, 0.4) is 0 Å². The van der Waals surface area contributed by atoms with E-state index >= 15 is 0 Å². The smallest absolute Gasteiger partial charge is 0.262 e. The fraction of sp³-hybridized carbons (Fsp3) is 0.281. The van der Waals surface area contributed by atoms with E-state index < -0.39 is 23.3 Å². The number of likely N-dealkylation sites (tertiary alicyclic amines) is 1. The molecule has 3 heterocycles. The molecule has 3 unspecified atom stereocenters. The average Bonchev–Trinajstić information content (AvgIpc) is 3.42. The Bertz CT molecular complexity index is 1850. The number of carbonyl (C=O) groups is 3. The molecule has 7 N–H and O–H groups in total. The van der Waals surface area contributed by atoms with Gasteiger partial charge in [0, 0.05) is 53.1 Å². The van der Waals surface area contributed by atoms with Crippen LogP contribution in [-0.2, 0) is 15.1 Å². The Morgan fingerprint density at radius 2 is 1.93 bits per heavy atom. The summed E-state index contributed by atoms with van der Waals surface area (Å²) in [5.41, 5.74) is 20.7. The van der Waals surface area contributed by atoms with Gasteiger partial charge in [-0.05, 0) is 49.6 Å². The molecule has 1 fully saturated rings. The summed E-state index contributed by atoms with van der Waals surface area (Å²) in [5.74, 6) is -0.177. The predicted octanol–water partition coefficient (Wildman–Crippen LogP) is 3.40. The molecule has 4 aromatic rings. The third kappa shape index (κ3) is 4.85. The van der Waals surface area contributed by atoms with Crippen molar-refractivity contribution in [2.45, 2.75) is 43.8 Å². The molecule has 2 aromatic carbocycles. The van der Waals surface area contributed by atoms with E-state index in [9.17, 15) is 14.4 Å². The van der Waals surface area contributed by atoms with E-state index in [1.54, 1.807) is 36.1 Å². The highest BCUT2D eigenvalue weighted by Crippen LogP contribution is 2.50. The number of rotatable bonds is 6. The molecule has 11 nitrogen and oxygen atoms in total. The van der Waals surface area contributed by atoms with Gasteiger partial charge in [0.05, 0.1) is 21.7 Å². The maximum atomic E-state index is 14.2. The molecule has 2 amide bonds. The van der Waals surface area contributed by atoms with E-state index in [2.05, 4.69) is 10.3 Å². The molecule has 12 heteroatoms. The van der Waals surface area contributed by atoms with Crippen LogP contribution in [-0.4, -0.2) is 46.6 Å². The molecule has 0 saturated carbocycles. The highest BCUT2D eigenvalue weighted by Gasteiger charge is 2.49. The van der Waals surface area contributed by atoms with Crippen molar-refractivity contribution in [1.82, 2.24) is 15.2 Å². The quantitative estimate of drug-likeness (QED) is 0.237. The number of nitrogens with zero attached hydrogens (tertiary/aromatic N) is 3. The lowest BCUT2D eigenvalue weighted by molar-refractivity contribution is -0.131. The van der Waals surface area contributed by atoms with Crippen molar-refractivity contribution in [3.63, 3.8) is 0 Å². The summed E-state index contributed by atoms with van der Waals surface area (Å²) in [6.07, 6.45) is 1.15. The fourth-order valence-corrected chi connectivity index (χ4v) is 7.40. The Hall–Kier alpha value is -4.83. The first-order valence-corrected chi connectivity index (χ1v) is 15.1. The number of nitrogen functional groups attached to an aromatic ring is 1. The zero-order valence-corrected chi connectivity index (χ0v) is 24.8. The molecule has 2 aromatic heterocycles. The third-order valence-corrected chi connectivity index (χ3v) is 9.56. The summed E-state index contributed by atoms with van der Waals surface area (Å²) in [5, 5.41) is 12.5. The zero-order chi connectivity index (χ0) is 31.2. The maximum absolute atomic E-state index is 14.2. The number of piperidine rings is 1. The number of aromatic nitrogens is 1. The van der Waals surface area contributed by atoms with Gasteiger partial charge in [-0.2, -0.15) is 5.26 Å². The normalized spacial score (nSPS) is 21.1. The minimum atomic E-state index is -1.65. The van der Waals surface area contributed by atoms with Gasteiger partial charge in [0.15, 0.2) is 5.78 Å². The largest absolute Gasteiger partial charge is 0.439 e. The van der Waals surface area contributed by atoms with Crippen LogP contribution < -0.4 is 27.3 Å². The molecule has 1 aliphatic heterocycles. The van der Waals surface area contributed by atoms with Crippen molar-refractivity contribution in [1.29, 1.82) is 5.26 Å². The highest BCUT2D eigenvalue weighted by atomic mass is 32.1. The highest BCUT2D eigenvalue weighted by molar-refractivity contribution is 7.21. The standard InChI is InChI=1S/C32H31N7O4S/c1-17-20(10-12-23(37-17)43-19-7-3-2-4-8-19)32(36)21-9-11-22(34)28-25(21)26(27(35)30(32)41)29(44-28)31(42)38-18-6-5-15-39(16-18)24(40)13-14-33/h2-4,7-12,18,27H,5-6,13,15-16,34-36H2,1H3,(H,38,42). The van der Waals surface area contributed by atoms with Gasteiger partial charge in [0.25, 0.3) is 5.91 Å². The lowest BCUT2D eigenvalue weighted by Crippen LogP contribution is -2.53. The van der Waals surface area contributed by atoms with Gasteiger partial charge < -0.3 is 32.2 Å². The summed E-state index contributed by atoms with van der Waals surface area (Å²) in [4.78, 5) is 46.6. The number of Topliss-reactive ketones (excluding diaryl/α,β-unsaturated/α-hetero) is 1. The van der Waals surface area contributed by atoms with E-state index in [1.807, 2.05) is 36.4 Å². The van der Waals surface area contributed by atoms with Crippen molar-refractivity contribution in [3.8, 4) is 17.7 Å². The van der Waals surface area contributed by atoms with Gasteiger partial charge in [0.2, 0.25) is 11.8 Å². The number of carbonyl (C=O) groups excluding carboxylic acids is 3. The Labute approximate surface area is 257 Å². The van der Waals surface area contributed by atoms with Crippen LogP contribution in [0.5, 0.6) is 11.6 Å². The monoisotopic (exact) mass is 609 g/mol. The Morgan fingerprint density at radius 1 is 1.18 bits per heavy atom. The van der Waals surface area contributed by atoms with Gasteiger partial charge in [-0.1, -0.05) is 24.3 Å². The number of hydrogen-bond acceptors (Lipinski definition) is 10. The van der Waals surface area contributed by atoms with Crippen LogP contribution in [0.15, 0.2) is 54.6 Å². The van der Waals surface area contributed by atoms with E-state index in [4.69, 9.17) is 27.2 Å². The molecule has 0 bridgehead atoms. The summed E-state index contributed by atoms with van der Waals surface area (Å²) in [6, 6.07) is 16.4. The number of benzene rings is 2. The van der Waals surface area contributed by atoms with Crippen LogP contribution in [0.1, 0.15) is 57.4 Å². The van der Waals surface area contributed by atoms with E-state index in [-0.39, 0.29) is 23.2 Å². The molecule has 1 aliphatic carbocycles. The lowest BCUT2D eigenvalue weighted by Gasteiger charge is -2.37. The number of ether oxygens (including phenoxy) is 1. The van der Waals surface area contributed by atoms with Crippen LogP contribution in [0, 0.1) is 18.3 Å². The summed E-state index contributed by atoms with van der Waals surface area (Å²) in [6.45, 7) is 2.59. The molecule has 2 aliphatic rings. The van der Waals surface area contributed by atoms with Crippen molar-refractivity contribution >= 4 is 44.7 Å². The van der Waals surface area contributed by atoms with Gasteiger partial charge in [-0.15, -0.1) is 11.3 Å². The lowest BCUT2D eigenvalue weighted by atomic mass is 9.70. The number of nitrogens with two attached hydrogens (primary N) is 3. The zero-order valence-electron chi connectivity index (χ0n) is 24.0. The fourth-order valence-electron chi connectivity index (χ4n) is 6.20. The summed E-state index contributed by atoms with van der Waals surface area (Å²) >= 11 is 1.17. The molecule has 1 saturated heterocycles. The first kappa shape index (κ1) is 29.3. The van der Waals surface area contributed by atoms with Crippen LogP contribution in [0.25, 0.3) is 10.1 Å². The van der Waals surface area contributed by atoms with Crippen LogP contribution in [0.4, 0.5) is 5.69 Å². The second-order valence-electron chi connectivity index (χ2n) is 11.1. The SMILES string of the molecule is Cc1nc(Oc2ccccc2)ccc1C1(N)C(=O)C(N)c2c(C(=O)NC3CCCN(C(=O)CC#N)C3)sc3c(N)ccc1c23. The number of para-hydroxylation sites is 1. The molecule has 0 radical (unpaired) electrons. The topological polar surface area (TPSA) is 190 Å². The minimum absolute atomic E-state index is 0.210. The van der Waals surface area contributed by atoms with Crippen LogP contribution in [0.2, 0.25) is 0 Å². The maximum Gasteiger partial charge on any atom is 0.262 e. The van der Waals surface area contributed by atoms with Crippen molar-refractivity contribution in [3.05, 3.63) is 81.9 Å². The number of amides is 2. The number of nitrogens with one attached hydrogen (secondary N) is 1. The summed E-state index contributed by atoms with van der Waals surface area (Å²) in [7, 11) is 0. The molecule has 44 heavy (non-hydrogen) atoms. The van der Waals surface area contributed by atoms with Crippen molar-refractivity contribution in [2.24, 2.45) is 11.5 Å². The number of hydrogen-bond donors (Lipinski definition) is 4. The van der Waals surface area contributed by atoms with Gasteiger partial charge in [-0.25, -0.2) is 4.98 Å². The average molecular weight is 610 g/mol. The van der Waals surface area contributed by atoms with Gasteiger partial charge in [0.1, 0.15) is 17.7 Å². The number of nitriles is 1. The van der Waals surface area contributed by atoms with Gasteiger partial charge in [-0.3, -0.25) is 14.4 Å². The Kier molecular flexibility index (Phi) is 7.54. The Balaban J connectivity index is 1.37. The van der Waals surface area contributed by atoms with E-state index in [0.29, 0.717) is 75.7 Å². The molecular formula is C32H31N7O4S. The number of pyridine rings is 1.